The molecule has 1 fully saturated rings. The number of nitrogens with two attached hydrogens (primary N) is 1. The number of para-hydroxylation sites is 1. The van der Waals surface area contributed by atoms with Gasteiger partial charge in [0.15, 0.2) is 0 Å². The SMILES string of the molecule is COc1ccccc1CC1CCCN1C(=O)CC(C)N.Cl. The molecule has 0 spiro atoms. The van der Waals surface area contributed by atoms with Gasteiger partial charge in [-0.1, -0.05) is 18.2 Å². The molecule has 1 aliphatic rings. The first-order valence-corrected chi connectivity index (χ1v) is 7.28. The van der Waals surface area contributed by atoms with E-state index in [4.69, 9.17) is 10.5 Å². The molecule has 1 heterocycles. The Morgan fingerprint density at radius 3 is 2.86 bits per heavy atom. The van der Waals surface area contributed by atoms with Crippen LogP contribution in [0.25, 0.3) is 0 Å². The van der Waals surface area contributed by atoms with Crippen molar-refractivity contribution in [2.24, 2.45) is 5.73 Å². The van der Waals surface area contributed by atoms with E-state index in [1.165, 1.54) is 5.56 Å². The minimum atomic E-state index is -0.0741. The number of nitrogens with zero attached hydrogens (tertiary/aromatic N) is 1. The molecule has 2 atom stereocenters. The van der Waals surface area contributed by atoms with Crippen LogP contribution in [0.5, 0.6) is 5.75 Å². The molecule has 0 bridgehead atoms. The topological polar surface area (TPSA) is 55.6 Å². The van der Waals surface area contributed by atoms with Crippen molar-refractivity contribution >= 4 is 18.3 Å². The van der Waals surface area contributed by atoms with Crippen LogP contribution < -0.4 is 10.5 Å². The summed E-state index contributed by atoms with van der Waals surface area (Å²) < 4.78 is 5.39. The summed E-state index contributed by atoms with van der Waals surface area (Å²) in [5.41, 5.74) is 6.90. The van der Waals surface area contributed by atoms with Crippen LogP contribution in [0.4, 0.5) is 0 Å². The second kappa shape index (κ2) is 8.25. The molecule has 1 aromatic rings. The first-order chi connectivity index (χ1) is 9.61. The lowest BCUT2D eigenvalue weighted by Gasteiger charge is -2.26. The number of methoxy groups -OCH3 is 1. The summed E-state index contributed by atoms with van der Waals surface area (Å²) in [6.07, 6.45) is 3.42. The average Bonchev–Trinajstić information content (AvgIpc) is 2.87. The highest BCUT2D eigenvalue weighted by molar-refractivity contribution is 5.85. The molecule has 0 aliphatic carbocycles. The number of carbonyl (C=O) groups excluding carboxylic acids is 1. The lowest BCUT2D eigenvalue weighted by Crippen LogP contribution is -2.39. The fourth-order valence-electron chi connectivity index (χ4n) is 2.89. The smallest absolute Gasteiger partial charge is 0.224 e. The largest absolute Gasteiger partial charge is 0.496 e. The van der Waals surface area contributed by atoms with E-state index in [0.717, 1.165) is 31.6 Å². The molecular weight excluding hydrogens is 288 g/mol. The molecule has 1 saturated heterocycles. The molecule has 5 heteroatoms. The lowest BCUT2D eigenvalue weighted by atomic mass is 10.0. The molecule has 1 aliphatic heterocycles. The molecule has 1 aromatic carbocycles. The standard InChI is InChI=1S/C16H24N2O2.ClH/c1-12(17)10-16(19)18-9-5-7-14(18)11-13-6-3-4-8-15(13)20-2;/h3-4,6,8,12,14H,5,7,9-11,17H2,1-2H3;1H. The number of hydrogen-bond donors (Lipinski definition) is 1. The van der Waals surface area contributed by atoms with Gasteiger partial charge < -0.3 is 15.4 Å². The van der Waals surface area contributed by atoms with E-state index < -0.39 is 0 Å². The maximum Gasteiger partial charge on any atom is 0.224 e. The summed E-state index contributed by atoms with van der Waals surface area (Å²) in [7, 11) is 1.69. The quantitative estimate of drug-likeness (QED) is 0.908. The van der Waals surface area contributed by atoms with Crippen molar-refractivity contribution in [3.05, 3.63) is 29.8 Å². The third-order valence-corrected chi connectivity index (χ3v) is 3.84. The highest BCUT2D eigenvalue weighted by Gasteiger charge is 2.29. The summed E-state index contributed by atoms with van der Waals surface area (Å²) in [6, 6.07) is 8.23. The Morgan fingerprint density at radius 1 is 1.48 bits per heavy atom. The third kappa shape index (κ3) is 4.61. The first kappa shape index (κ1) is 17.8. The molecule has 0 saturated carbocycles. The van der Waals surface area contributed by atoms with Gasteiger partial charge >= 0.3 is 0 Å². The van der Waals surface area contributed by atoms with Crippen molar-refractivity contribution in [1.29, 1.82) is 0 Å². The monoisotopic (exact) mass is 312 g/mol. The molecule has 2 unspecified atom stereocenters. The summed E-state index contributed by atoms with van der Waals surface area (Å²) in [4.78, 5) is 14.2. The lowest BCUT2D eigenvalue weighted by molar-refractivity contribution is -0.132. The first-order valence-electron chi connectivity index (χ1n) is 7.28. The second-order valence-electron chi connectivity index (χ2n) is 5.58. The van der Waals surface area contributed by atoms with Gasteiger partial charge in [-0.05, 0) is 37.8 Å². The Bertz CT molecular complexity index is 465. The molecular formula is C16H25ClN2O2. The van der Waals surface area contributed by atoms with E-state index in [9.17, 15) is 4.79 Å². The van der Waals surface area contributed by atoms with Crippen molar-refractivity contribution in [1.82, 2.24) is 4.90 Å². The summed E-state index contributed by atoms with van der Waals surface area (Å²) >= 11 is 0. The van der Waals surface area contributed by atoms with E-state index in [1.54, 1.807) is 7.11 Å². The van der Waals surface area contributed by atoms with Gasteiger partial charge in [0.1, 0.15) is 5.75 Å². The van der Waals surface area contributed by atoms with Gasteiger partial charge in [-0.3, -0.25) is 4.79 Å². The molecule has 0 radical (unpaired) electrons. The van der Waals surface area contributed by atoms with Crippen LogP contribution in [-0.4, -0.2) is 36.5 Å². The maximum absolute atomic E-state index is 12.2. The summed E-state index contributed by atoms with van der Waals surface area (Å²) in [6.45, 7) is 2.73. The molecule has 118 valence electrons. The van der Waals surface area contributed by atoms with E-state index in [-0.39, 0.29) is 30.4 Å². The fraction of sp³-hybridized carbons (Fsp3) is 0.562. The van der Waals surface area contributed by atoms with E-state index >= 15 is 0 Å². The normalized spacial score (nSPS) is 19.0. The van der Waals surface area contributed by atoms with E-state index in [2.05, 4.69) is 6.07 Å². The van der Waals surface area contributed by atoms with Gasteiger partial charge in [0.25, 0.3) is 0 Å². The van der Waals surface area contributed by atoms with Gasteiger partial charge in [0.05, 0.1) is 7.11 Å². The summed E-state index contributed by atoms with van der Waals surface area (Å²) in [5, 5.41) is 0. The Labute approximate surface area is 133 Å². The fourth-order valence-corrected chi connectivity index (χ4v) is 2.89. The Balaban J connectivity index is 0.00000220. The molecule has 1 amide bonds. The number of hydrogen-bond acceptors (Lipinski definition) is 3. The van der Waals surface area contributed by atoms with E-state index in [0.29, 0.717) is 6.42 Å². The van der Waals surface area contributed by atoms with Crippen molar-refractivity contribution in [3.63, 3.8) is 0 Å². The number of amides is 1. The van der Waals surface area contributed by atoms with Crippen molar-refractivity contribution in [3.8, 4) is 5.75 Å². The highest BCUT2D eigenvalue weighted by atomic mass is 35.5. The number of rotatable bonds is 5. The minimum Gasteiger partial charge on any atom is -0.496 e. The van der Waals surface area contributed by atoms with Crippen molar-refractivity contribution in [2.75, 3.05) is 13.7 Å². The number of likely N-dealkylation sites (tertiary alicyclic amines) is 1. The molecule has 0 aromatic heterocycles. The van der Waals surface area contributed by atoms with Crippen LogP contribution >= 0.6 is 12.4 Å². The molecule has 2 rings (SSSR count). The number of halogens is 1. The van der Waals surface area contributed by atoms with Crippen LogP contribution in [-0.2, 0) is 11.2 Å². The third-order valence-electron chi connectivity index (χ3n) is 3.84. The second-order valence-corrected chi connectivity index (χ2v) is 5.58. The van der Waals surface area contributed by atoms with Gasteiger partial charge in [0, 0.05) is 25.0 Å². The highest BCUT2D eigenvalue weighted by Crippen LogP contribution is 2.26. The van der Waals surface area contributed by atoms with Crippen LogP contribution in [0.1, 0.15) is 31.7 Å². The number of ether oxygens (including phenoxy) is 1. The van der Waals surface area contributed by atoms with E-state index in [1.807, 2.05) is 30.0 Å². The maximum atomic E-state index is 12.2. The molecule has 21 heavy (non-hydrogen) atoms. The number of carbonyl (C=O) groups is 1. The van der Waals surface area contributed by atoms with Gasteiger partial charge in [-0.25, -0.2) is 0 Å². The van der Waals surface area contributed by atoms with Crippen molar-refractivity contribution < 1.29 is 9.53 Å². The zero-order chi connectivity index (χ0) is 14.5. The van der Waals surface area contributed by atoms with Crippen LogP contribution in [0.3, 0.4) is 0 Å². The van der Waals surface area contributed by atoms with Crippen LogP contribution in [0.15, 0.2) is 24.3 Å². The Hall–Kier alpha value is -1.26. The predicted octanol–water partition coefficient (Wildman–Crippen LogP) is 2.39. The Kier molecular flexibility index (Phi) is 6.99. The minimum absolute atomic E-state index is 0. The zero-order valence-corrected chi connectivity index (χ0v) is 13.6. The van der Waals surface area contributed by atoms with Gasteiger partial charge in [-0.2, -0.15) is 0 Å². The average molecular weight is 313 g/mol. The zero-order valence-electron chi connectivity index (χ0n) is 12.7. The molecule has 4 nitrogen and oxygen atoms in total. The Morgan fingerprint density at radius 2 is 2.19 bits per heavy atom. The van der Waals surface area contributed by atoms with Gasteiger partial charge in [-0.15, -0.1) is 12.4 Å². The molecule has 2 N–H and O–H groups in total. The predicted molar refractivity (Wildman–Crippen MR) is 86.9 cm³/mol. The van der Waals surface area contributed by atoms with Crippen LogP contribution in [0.2, 0.25) is 0 Å². The van der Waals surface area contributed by atoms with Crippen molar-refractivity contribution in [2.45, 2.75) is 44.7 Å². The summed E-state index contributed by atoms with van der Waals surface area (Å²) in [5.74, 6) is 1.08. The van der Waals surface area contributed by atoms with Gasteiger partial charge in [0.2, 0.25) is 5.91 Å². The number of benzene rings is 1. The van der Waals surface area contributed by atoms with Crippen LogP contribution in [0, 0.1) is 0 Å².